The van der Waals surface area contributed by atoms with Crippen LogP contribution in [0.5, 0.6) is 0 Å². The fourth-order valence-corrected chi connectivity index (χ4v) is 2.86. The summed E-state index contributed by atoms with van der Waals surface area (Å²) in [6.45, 7) is 4.56. The van der Waals surface area contributed by atoms with Gasteiger partial charge in [-0.1, -0.05) is 0 Å². The van der Waals surface area contributed by atoms with Gasteiger partial charge in [0.05, 0.1) is 18.8 Å². The van der Waals surface area contributed by atoms with E-state index in [1.165, 1.54) is 19.3 Å². The van der Waals surface area contributed by atoms with Gasteiger partial charge in [0.25, 0.3) is 0 Å². The van der Waals surface area contributed by atoms with Gasteiger partial charge >= 0.3 is 0 Å². The molecule has 1 saturated heterocycles. The van der Waals surface area contributed by atoms with Crippen molar-refractivity contribution < 1.29 is 13.2 Å². The first kappa shape index (κ1) is 16.2. The average Bonchev–Trinajstić information content (AvgIpc) is 2.48. The normalized spacial score (nSPS) is 22.0. The molecule has 21 heavy (non-hydrogen) atoms. The minimum absolute atomic E-state index is 0.0891. The van der Waals surface area contributed by atoms with Gasteiger partial charge in [-0.25, -0.2) is 18.1 Å². The van der Waals surface area contributed by atoms with Crippen molar-refractivity contribution in [2.75, 3.05) is 39.1 Å². The molecule has 8 heteroatoms. The van der Waals surface area contributed by atoms with E-state index in [1.807, 2.05) is 6.92 Å². The molecule has 7 nitrogen and oxygen atoms in total. The number of aromatic nitrogens is 1. The first-order chi connectivity index (χ1) is 9.92. The maximum atomic E-state index is 11.6. The number of sulfonamides is 1. The van der Waals surface area contributed by atoms with E-state index in [0.717, 1.165) is 19.7 Å². The molecule has 2 N–H and O–H groups in total. The Morgan fingerprint density at radius 3 is 2.81 bits per heavy atom. The van der Waals surface area contributed by atoms with E-state index in [4.69, 9.17) is 4.74 Å². The first-order valence-corrected chi connectivity index (χ1v) is 8.37. The number of likely N-dealkylation sites (N-methyl/N-ethyl adjacent to an activating group) is 1. The molecule has 0 bridgehead atoms. The molecule has 1 aliphatic rings. The molecule has 2 heterocycles. The Kier molecular flexibility index (Phi) is 5.15. The summed E-state index contributed by atoms with van der Waals surface area (Å²) in [5.74, 6) is 0.634. The molecule has 0 radical (unpaired) electrons. The predicted octanol–water partition coefficient (Wildman–Crippen LogP) is 0.121. The van der Waals surface area contributed by atoms with E-state index < -0.39 is 10.0 Å². The number of ether oxygens (including phenoxy) is 1. The number of anilines is 1. The molecule has 118 valence electrons. The number of hydrogen-bond acceptors (Lipinski definition) is 6. The lowest BCUT2D eigenvalue weighted by Gasteiger charge is -2.34. The van der Waals surface area contributed by atoms with Crippen LogP contribution in [0, 0.1) is 0 Å². The largest absolute Gasteiger partial charge is 0.373 e. The van der Waals surface area contributed by atoms with Gasteiger partial charge in [-0.3, -0.25) is 0 Å². The molecule has 0 aliphatic carbocycles. The van der Waals surface area contributed by atoms with Crippen LogP contribution < -0.4 is 10.0 Å². The van der Waals surface area contributed by atoms with Crippen LogP contribution in [0.3, 0.4) is 0 Å². The zero-order valence-electron chi connectivity index (χ0n) is 12.5. The smallest absolute Gasteiger partial charge is 0.241 e. The van der Waals surface area contributed by atoms with Gasteiger partial charge < -0.3 is 15.0 Å². The molecule has 1 aliphatic heterocycles. The van der Waals surface area contributed by atoms with Gasteiger partial charge in [-0.15, -0.1) is 0 Å². The molecule has 1 aromatic heterocycles. The average molecular weight is 314 g/mol. The van der Waals surface area contributed by atoms with Crippen molar-refractivity contribution >= 4 is 15.8 Å². The highest BCUT2D eigenvalue weighted by molar-refractivity contribution is 7.89. The van der Waals surface area contributed by atoms with Crippen LogP contribution in [0.2, 0.25) is 0 Å². The Hall–Kier alpha value is -1.22. The van der Waals surface area contributed by atoms with Crippen LogP contribution in [0.15, 0.2) is 23.2 Å². The van der Waals surface area contributed by atoms with Crippen LogP contribution in [-0.2, 0) is 14.8 Å². The monoisotopic (exact) mass is 314 g/mol. The maximum absolute atomic E-state index is 11.6. The van der Waals surface area contributed by atoms with E-state index >= 15 is 0 Å². The zero-order chi connectivity index (χ0) is 15.5. The van der Waals surface area contributed by atoms with Crippen molar-refractivity contribution in [1.82, 2.24) is 14.6 Å². The van der Waals surface area contributed by atoms with Gasteiger partial charge in [-0.05, 0) is 33.2 Å². The highest BCUT2D eigenvalue weighted by Crippen LogP contribution is 2.14. The van der Waals surface area contributed by atoms with E-state index in [0.29, 0.717) is 5.82 Å². The second kappa shape index (κ2) is 6.69. The number of morpholine rings is 1. The summed E-state index contributed by atoms with van der Waals surface area (Å²) in [6, 6.07) is 3.28. The minimum atomic E-state index is -3.44. The third kappa shape index (κ3) is 4.13. The quantitative estimate of drug-likeness (QED) is 0.803. The van der Waals surface area contributed by atoms with Crippen LogP contribution in [0.1, 0.15) is 6.92 Å². The van der Waals surface area contributed by atoms with Gasteiger partial charge in [0.2, 0.25) is 10.0 Å². The molecule has 0 aromatic carbocycles. The summed E-state index contributed by atoms with van der Waals surface area (Å²) >= 11 is 0. The summed E-state index contributed by atoms with van der Waals surface area (Å²) in [7, 11) is 0.0000138. The maximum Gasteiger partial charge on any atom is 0.241 e. The Morgan fingerprint density at radius 2 is 2.24 bits per heavy atom. The Bertz CT molecular complexity index is 561. The Morgan fingerprint density at radius 1 is 1.48 bits per heavy atom. The Labute approximate surface area is 125 Å². The van der Waals surface area contributed by atoms with Crippen molar-refractivity contribution in [3.8, 4) is 0 Å². The topological polar surface area (TPSA) is 83.6 Å². The van der Waals surface area contributed by atoms with E-state index in [2.05, 4.69) is 27.0 Å². The SMILES string of the molecule is CNS(=O)(=O)c1ccc(NC(C)C2CN(C)CCO2)nc1. The highest BCUT2D eigenvalue weighted by atomic mass is 32.2. The van der Waals surface area contributed by atoms with Crippen LogP contribution >= 0.6 is 0 Å². The van der Waals surface area contributed by atoms with E-state index in [9.17, 15) is 8.42 Å². The standard InChI is InChI=1S/C13H22N4O3S/c1-10(12-9-17(3)6-7-20-12)16-13-5-4-11(8-15-13)21(18,19)14-2/h4-5,8,10,12,14H,6-7,9H2,1-3H3,(H,15,16). The van der Waals surface area contributed by atoms with Gasteiger partial charge in [-0.2, -0.15) is 0 Å². The molecule has 2 unspecified atom stereocenters. The van der Waals surface area contributed by atoms with Crippen LogP contribution in [0.25, 0.3) is 0 Å². The third-order valence-electron chi connectivity index (χ3n) is 3.55. The van der Waals surface area contributed by atoms with Crippen molar-refractivity contribution in [2.45, 2.75) is 24.0 Å². The lowest BCUT2D eigenvalue weighted by atomic mass is 10.1. The summed E-state index contributed by atoms with van der Waals surface area (Å²) in [6.07, 6.45) is 1.43. The second-order valence-electron chi connectivity index (χ2n) is 5.19. The fraction of sp³-hybridized carbons (Fsp3) is 0.615. The molecule has 2 atom stereocenters. The van der Waals surface area contributed by atoms with E-state index in [-0.39, 0.29) is 17.0 Å². The van der Waals surface area contributed by atoms with Crippen molar-refractivity contribution in [3.63, 3.8) is 0 Å². The van der Waals surface area contributed by atoms with Crippen molar-refractivity contribution in [1.29, 1.82) is 0 Å². The minimum Gasteiger partial charge on any atom is -0.373 e. The van der Waals surface area contributed by atoms with Gasteiger partial charge in [0.1, 0.15) is 10.7 Å². The number of rotatable bonds is 5. The second-order valence-corrected chi connectivity index (χ2v) is 7.08. The van der Waals surface area contributed by atoms with Crippen LogP contribution in [-0.4, -0.2) is 64.2 Å². The number of nitrogens with zero attached hydrogens (tertiary/aromatic N) is 2. The number of nitrogens with one attached hydrogen (secondary N) is 2. The summed E-state index contributed by atoms with van der Waals surface area (Å²) in [5, 5.41) is 3.25. The predicted molar refractivity (Wildman–Crippen MR) is 80.8 cm³/mol. The molecule has 0 saturated carbocycles. The lowest BCUT2D eigenvalue weighted by molar-refractivity contribution is -0.0259. The molecule has 2 rings (SSSR count). The molecule has 1 aromatic rings. The molecule has 0 spiro atoms. The van der Waals surface area contributed by atoms with Crippen LogP contribution in [0.4, 0.5) is 5.82 Å². The summed E-state index contributed by atoms with van der Waals surface area (Å²) < 4.78 is 31.2. The number of hydrogen-bond donors (Lipinski definition) is 2. The number of pyridine rings is 1. The fourth-order valence-electron chi connectivity index (χ4n) is 2.18. The van der Waals surface area contributed by atoms with Gasteiger partial charge in [0.15, 0.2) is 0 Å². The molecular weight excluding hydrogens is 292 g/mol. The first-order valence-electron chi connectivity index (χ1n) is 6.88. The Balaban J connectivity index is 2.00. The van der Waals surface area contributed by atoms with Gasteiger partial charge in [0, 0.05) is 19.3 Å². The molecule has 0 amide bonds. The van der Waals surface area contributed by atoms with E-state index in [1.54, 1.807) is 6.07 Å². The lowest BCUT2D eigenvalue weighted by Crippen LogP contribution is -2.47. The summed E-state index contributed by atoms with van der Waals surface area (Å²) in [5.41, 5.74) is 0. The van der Waals surface area contributed by atoms with Crippen molar-refractivity contribution in [3.05, 3.63) is 18.3 Å². The molecular formula is C13H22N4O3S. The molecule has 1 fully saturated rings. The highest BCUT2D eigenvalue weighted by Gasteiger charge is 2.23. The van der Waals surface area contributed by atoms with Crippen molar-refractivity contribution in [2.24, 2.45) is 0 Å². The zero-order valence-corrected chi connectivity index (χ0v) is 13.4. The third-order valence-corrected chi connectivity index (χ3v) is 4.94. The summed E-state index contributed by atoms with van der Waals surface area (Å²) in [4.78, 5) is 6.52.